The number of aryl methyl sites for hydroxylation is 2. The summed E-state index contributed by atoms with van der Waals surface area (Å²) in [7, 11) is 1.70. The number of nitrogen functional groups attached to an aromatic ring is 1. The summed E-state index contributed by atoms with van der Waals surface area (Å²) in [6.07, 6.45) is 2.97. The molecule has 24 heavy (non-hydrogen) atoms. The molecule has 0 atom stereocenters. The molecule has 2 aromatic carbocycles. The van der Waals surface area contributed by atoms with Gasteiger partial charge < -0.3 is 20.5 Å². The summed E-state index contributed by atoms with van der Waals surface area (Å²) in [5, 5.41) is 3.45. The molecule has 0 bridgehead atoms. The van der Waals surface area contributed by atoms with Crippen molar-refractivity contribution in [1.82, 2.24) is 0 Å². The topological polar surface area (TPSA) is 56.5 Å². The molecule has 0 spiro atoms. The molecule has 2 rings (SSSR count). The SMILES string of the molecule is CCCOc1ccc(CCCNc2cc(C)ccc2OC)cc1N. The van der Waals surface area contributed by atoms with Gasteiger partial charge in [0.25, 0.3) is 0 Å². The van der Waals surface area contributed by atoms with Gasteiger partial charge in [-0.3, -0.25) is 0 Å². The monoisotopic (exact) mass is 328 g/mol. The molecule has 0 aliphatic heterocycles. The highest BCUT2D eigenvalue weighted by Crippen LogP contribution is 2.26. The van der Waals surface area contributed by atoms with E-state index in [0.717, 1.165) is 43.0 Å². The standard InChI is InChI=1S/C20H28N2O2/c1-4-12-24-19-10-8-16(14-17(19)21)6-5-11-22-18-13-15(2)7-9-20(18)23-3/h7-10,13-14,22H,4-6,11-12,21H2,1-3H3. The molecular weight excluding hydrogens is 300 g/mol. The fraction of sp³-hybridized carbons (Fsp3) is 0.400. The molecule has 0 saturated heterocycles. The summed E-state index contributed by atoms with van der Waals surface area (Å²) in [6.45, 7) is 5.75. The van der Waals surface area contributed by atoms with Crippen LogP contribution < -0.4 is 20.5 Å². The predicted molar refractivity (Wildman–Crippen MR) is 101 cm³/mol. The highest BCUT2D eigenvalue weighted by Gasteiger charge is 2.04. The number of hydrogen-bond acceptors (Lipinski definition) is 4. The second kappa shape index (κ2) is 9.06. The van der Waals surface area contributed by atoms with E-state index in [0.29, 0.717) is 12.3 Å². The van der Waals surface area contributed by atoms with Gasteiger partial charge in [-0.1, -0.05) is 19.1 Å². The Morgan fingerprint density at radius 1 is 1.08 bits per heavy atom. The van der Waals surface area contributed by atoms with Crippen LogP contribution >= 0.6 is 0 Å². The van der Waals surface area contributed by atoms with Crippen LogP contribution in [-0.4, -0.2) is 20.3 Å². The number of nitrogens with one attached hydrogen (secondary N) is 1. The van der Waals surface area contributed by atoms with Crippen LogP contribution in [0.15, 0.2) is 36.4 Å². The molecule has 0 aliphatic rings. The lowest BCUT2D eigenvalue weighted by molar-refractivity contribution is 0.319. The maximum Gasteiger partial charge on any atom is 0.142 e. The Kier molecular flexibility index (Phi) is 6.79. The molecule has 4 heteroatoms. The molecule has 0 aromatic heterocycles. The van der Waals surface area contributed by atoms with Gasteiger partial charge in [0.15, 0.2) is 0 Å². The number of methoxy groups -OCH3 is 1. The van der Waals surface area contributed by atoms with E-state index in [9.17, 15) is 0 Å². The lowest BCUT2D eigenvalue weighted by Gasteiger charge is -2.12. The van der Waals surface area contributed by atoms with Gasteiger partial charge in [0, 0.05) is 6.54 Å². The Hall–Kier alpha value is -2.36. The van der Waals surface area contributed by atoms with E-state index in [2.05, 4.69) is 37.4 Å². The van der Waals surface area contributed by atoms with Crippen LogP contribution in [0.2, 0.25) is 0 Å². The lowest BCUT2D eigenvalue weighted by Crippen LogP contribution is -2.05. The van der Waals surface area contributed by atoms with Crippen molar-refractivity contribution in [3.8, 4) is 11.5 Å². The van der Waals surface area contributed by atoms with Crippen LogP contribution in [-0.2, 0) is 6.42 Å². The Labute approximate surface area is 145 Å². The molecule has 0 radical (unpaired) electrons. The Morgan fingerprint density at radius 3 is 2.58 bits per heavy atom. The third-order valence-corrected chi connectivity index (χ3v) is 3.85. The van der Waals surface area contributed by atoms with E-state index < -0.39 is 0 Å². The molecule has 0 fully saturated rings. The Morgan fingerprint density at radius 2 is 1.88 bits per heavy atom. The molecule has 0 saturated carbocycles. The van der Waals surface area contributed by atoms with Crippen molar-refractivity contribution >= 4 is 11.4 Å². The zero-order valence-corrected chi connectivity index (χ0v) is 14.9. The zero-order chi connectivity index (χ0) is 17.4. The molecule has 0 heterocycles. The van der Waals surface area contributed by atoms with Crippen LogP contribution in [0.3, 0.4) is 0 Å². The molecule has 130 valence electrons. The maximum atomic E-state index is 6.05. The van der Waals surface area contributed by atoms with Gasteiger partial charge in [-0.25, -0.2) is 0 Å². The molecule has 3 N–H and O–H groups in total. The minimum Gasteiger partial charge on any atom is -0.495 e. The molecule has 0 aliphatic carbocycles. The van der Waals surface area contributed by atoms with Gasteiger partial charge in [0.2, 0.25) is 0 Å². The van der Waals surface area contributed by atoms with Crippen LogP contribution in [0.5, 0.6) is 11.5 Å². The van der Waals surface area contributed by atoms with E-state index in [1.54, 1.807) is 7.11 Å². The van der Waals surface area contributed by atoms with Crippen molar-refractivity contribution in [2.24, 2.45) is 0 Å². The summed E-state index contributed by atoms with van der Waals surface area (Å²) in [6, 6.07) is 12.2. The number of anilines is 2. The third kappa shape index (κ3) is 5.08. The van der Waals surface area contributed by atoms with E-state index >= 15 is 0 Å². The van der Waals surface area contributed by atoms with Gasteiger partial charge in [0.05, 0.1) is 25.1 Å². The predicted octanol–water partition coefficient (Wildman–Crippen LogP) is 4.42. The Bertz CT molecular complexity index is 656. The van der Waals surface area contributed by atoms with Crippen LogP contribution in [0.1, 0.15) is 30.9 Å². The first-order chi connectivity index (χ1) is 11.6. The van der Waals surface area contributed by atoms with Crippen molar-refractivity contribution in [3.05, 3.63) is 47.5 Å². The van der Waals surface area contributed by atoms with Crippen LogP contribution in [0.4, 0.5) is 11.4 Å². The van der Waals surface area contributed by atoms with E-state index in [1.165, 1.54) is 11.1 Å². The van der Waals surface area contributed by atoms with Gasteiger partial charge in [-0.15, -0.1) is 0 Å². The van der Waals surface area contributed by atoms with E-state index in [4.69, 9.17) is 15.2 Å². The normalized spacial score (nSPS) is 10.5. The molecule has 0 amide bonds. The second-order valence-corrected chi connectivity index (χ2v) is 5.95. The average Bonchev–Trinajstić information content (AvgIpc) is 2.58. The van der Waals surface area contributed by atoms with Crippen molar-refractivity contribution in [2.75, 3.05) is 31.3 Å². The fourth-order valence-corrected chi connectivity index (χ4v) is 2.57. The average molecular weight is 328 g/mol. The van der Waals surface area contributed by atoms with E-state index in [-0.39, 0.29) is 0 Å². The number of rotatable bonds is 9. The number of hydrogen-bond donors (Lipinski definition) is 2. The molecule has 2 aromatic rings. The number of nitrogens with two attached hydrogens (primary N) is 1. The van der Waals surface area contributed by atoms with Crippen molar-refractivity contribution in [3.63, 3.8) is 0 Å². The van der Waals surface area contributed by atoms with Gasteiger partial charge in [-0.2, -0.15) is 0 Å². The first kappa shape index (κ1) is 18.0. The van der Waals surface area contributed by atoms with Gasteiger partial charge >= 0.3 is 0 Å². The number of ether oxygens (including phenoxy) is 2. The number of benzene rings is 2. The van der Waals surface area contributed by atoms with E-state index in [1.807, 2.05) is 18.2 Å². The van der Waals surface area contributed by atoms with Gasteiger partial charge in [-0.05, 0) is 61.6 Å². The first-order valence-electron chi connectivity index (χ1n) is 8.53. The fourth-order valence-electron chi connectivity index (χ4n) is 2.57. The maximum absolute atomic E-state index is 6.05. The van der Waals surface area contributed by atoms with Crippen molar-refractivity contribution in [1.29, 1.82) is 0 Å². The molecule has 0 unspecified atom stereocenters. The summed E-state index contributed by atoms with van der Waals surface area (Å²) in [5.74, 6) is 1.66. The summed E-state index contributed by atoms with van der Waals surface area (Å²) < 4.78 is 11.0. The quantitative estimate of drug-likeness (QED) is 0.528. The van der Waals surface area contributed by atoms with Crippen molar-refractivity contribution < 1.29 is 9.47 Å². The summed E-state index contributed by atoms with van der Waals surface area (Å²) >= 11 is 0. The highest BCUT2D eigenvalue weighted by atomic mass is 16.5. The van der Waals surface area contributed by atoms with Crippen LogP contribution in [0.25, 0.3) is 0 Å². The first-order valence-corrected chi connectivity index (χ1v) is 8.53. The zero-order valence-electron chi connectivity index (χ0n) is 14.9. The van der Waals surface area contributed by atoms with Gasteiger partial charge in [0.1, 0.15) is 11.5 Å². The summed E-state index contributed by atoms with van der Waals surface area (Å²) in [4.78, 5) is 0. The smallest absolute Gasteiger partial charge is 0.142 e. The van der Waals surface area contributed by atoms with Crippen molar-refractivity contribution in [2.45, 2.75) is 33.1 Å². The molecular formula is C20H28N2O2. The minimum atomic E-state index is 0.700. The summed E-state index contributed by atoms with van der Waals surface area (Å²) in [5.41, 5.74) is 10.3. The van der Waals surface area contributed by atoms with Crippen LogP contribution in [0, 0.1) is 6.92 Å². The highest BCUT2D eigenvalue weighted by molar-refractivity contribution is 5.58. The molecule has 4 nitrogen and oxygen atoms in total. The Balaban J connectivity index is 1.84. The largest absolute Gasteiger partial charge is 0.495 e. The third-order valence-electron chi connectivity index (χ3n) is 3.85. The minimum absolute atomic E-state index is 0.700. The second-order valence-electron chi connectivity index (χ2n) is 5.95. The lowest BCUT2D eigenvalue weighted by atomic mass is 10.1.